The number of benzene rings is 3. The predicted molar refractivity (Wildman–Crippen MR) is 153 cm³/mol. The summed E-state index contributed by atoms with van der Waals surface area (Å²) in [5.74, 6) is -0.452. The zero-order valence-corrected chi connectivity index (χ0v) is 23.9. The molecule has 202 valence electrons. The van der Waals surface area contributed by atoms with Crippen molar-refractivity contribution in [3.63, 3.8) is 0 Å². The fraction of sp³-hybridized carbons (Fsp3) is 0.207. The number of aryl methyl sites for hydroxylation is 2. The molecule has 10 heteroatoms. The van der Waals surface area contributed by atoms with Crippen LogP contribution in [-0.4, -0.2) is 35.1 Å². The highest BCUT2D eigenvalue weighted by molar-refractivity contribution is 9.10. The zero-order valence-electron chi connectivity index (χ0n) is 21.5. The molecule has 0 bridgehead atoms. The van der Waals surface area contributed by atoms with E-state index in [1.54, 1.807) is 30.3 Å². The van der Waals surface area contributed by atoms with Gasteiger partial charge in [0.05, 0.1) is 16.0 Å². The number of amides is 3. The molecule has 7 nitrogen and oxygen atoms in total. The number of hydrogen-bond donors (Lipinski definition) is 1. The van der Waals surface area contributed by atoms with Crippen LogP contribution in [0.2, 0.25) is 0 Å². The van der Waals surface area contributed by atoms with E-state index >= 15 is 0 Å². The van der Waals surface area contributed by atoms with E-state index in [4.69, 9.17) is 9.47 Å². The van der Waals surface area contributed by atoms with Gasteiger partial charge in [-0.15, -0.1) is 0 Å². The largest absolute Gasteiger partial charge is 0.490 e. The molecule has 4 rings (SSSR count). The maximum atomic E-state index is 13.2. The first kappa shape index (κ1) is 28.4. The van der Waals surface area contributed by atoms with Crippen LogP contribution in [0.3, 0.4) is 0 Å². The number of imide groups is 1. The molecule has 0 saturated carbocycles. The smallest absolute Gasteiger partial charge is 0.294 e. The number of carbonyl (C=O) groups excluding carboxylic acids is 3. The Bertz CT molecular complexity index is 1440. The molecule has 0 spiro atoms. The Kier molecular flexibility index (Phi) is 9.08. The van der Waals surface area contributed by atoms with Gasteiger partial charge >= 0.3 is 0 Å². The van der Waals surface area contributed by atoms with Gasteiger partial charge in [0.2, 0.25) is 5.91 Å². The molecular weight excluding hydrogens is 587 g/mol. The Balaban J connectivity index is 1.48. The van der Waals surface area contributed by atoms with Crippen LogP contribution in [-0.2, 0) is 16.2 Å². The number of thioether (sulfide) groups is 1. The minimum Gasteiger partial charge on any atom is -0.490 e. The van der Waals surface area contributed by atoms with Gasteiger partial charge in [-0.05, 0) is 113 Å². The number of nitrogens with one attached hydrogen (secondary N) is 1. The SMILES string of the molecule is CCOc1cc(/C=C2\SC(=O)N(CC(=O)Nc3cc(C)cc(C)c3)C2=O)cc(Br)c1OCc1ccc(F)cc1. The van der Waals surface area contributed by atoms with E-state index in [1.165, 1.54) is 12.1 Å². The van der Waals surface area contributed by atoms with Gasteiger partial charge < -0.3 is 14.8 Å². The lowest BCUT2D eigenvalue weighted by molar-refractivity contribution is -0.127. The number of carbonyl (C=O) groups is 3. The van der Waals surface area contributed by atoms with Gasteiger partial charge in [-0.25, -0.2) is 4.39 Å². The lowest BCUT2D eigenvalue weighted by atomic mass is 10.1. The van der Waals surface area contributed by atoms with E-state index in [1.807, 2.05) is 39.0 Å². The monoisotopic (exact) mass is 612 g/mol. The first-order valence-corrected chi connectivity index (χ1v) is 13.7. The summed E-state index contributed by atoms with van der Waals surface area (Å²) in [6.07, 6.45) is 1.57. The summed E-state index contributed by atoms with van der Waals surface area (Å²) in [4.78, 5) is 39.3. The second-order valence-corrected chi connectivity index (χ2v) is 10.7. The zero-order chi connectivity index (χ0) is 28.1. The Hall–Kier alpha value is -3.63. The second-order valence-electron chi connectivity index (χ2n) is 8.87. The molecule has 0 aliphatic carbocycles. The summed E-state index contributed by atoms with van der Waals surface area (Å²) in [6, 6.07) is 15.1. The van der Waals surface area contributed by atoms with Crippen molar-refractivity contribution >= 4 is 56.5 Å². The van der Waals surface area contributed by atoms with Crippen molar-refractivity contribution in [1.29, 1.82) is 0 Å². The molecule has 1 heterocycles. The van der Waals surface area contributed by atoms with Gasteiger partial charge in [0.25, 0.3) is 11.1 Å². The van der Waals surface area contributed by atoms with Gasteiger partial charge in [0, 0.05) is 5.69 Å². The number of anilines is 1. The first-order chi connectivity index (χ1) is 18.6. The molecular formula is C29H26BrFN2O5S. The predicted octanol–water partition coefficient (Wildman–Crippen LogP) is 6.86. The molecule has 3 amide bonds. The van der Waals surface area contributed by atoms with E-state index in [0.29, 0.717) is 33.8 Å². The van der Waals surface area contributed by atoms with Crippen LogP contribution < -0.4 is 14.8 Å². The third-order valence-corrected chi connectivity index (χ3v) is 7.10. The van der Waals surface area contributed by atoms with Crippen LogP contribution in [0.25, 0.3) is 6.08 Å². The van der Waals surface area contributed by atoms with Gasteiger partial charge in [0.15, 0.2) is 11.5 Å². The van der Waals surface area contributed by atoms with Crippen LogP contribution in [0, 0.1) is 19.7 Å². The summed E-state index contributed by atoms with van der Waals surface area (Å²) in [7, 11) is 0. The van der Waals surface area contributed by atoms with E-state index in [9.17, 15) is 18.8 Å². The van der Waals surface area contributed by atoms with Crippen molar-refractivity contribution in [2.24, 2.45) is 0 Å². The fourth-order valence-electron chi connectivity index (χ4n) is 3.99. The Morgan fingerprint density at radius 2 is 1.74 bits per heavy atom. The van der Waals surface area contributed by atoms with Crippen molar-refractivity contribution < 1.29 is 28.2 Å². The van der Waals surface area contributed by atoms with Crippen LogP contribution in [0.5, 0.6) is 11.5 Å². The quantitative estimate of drug-likeness (QED) is 0.266. The highest BCUT2D eigenvalue weighted by atomic mass is 79.9. The molecule has 39 heavy (non-hydrogen) atoms. The highest BCUT2D eigenvalue weighted by Crippen LogP contribution is 2.39. The van der Waals surface area contributed by atoms with Crippen molar-refractivity contribution in [3.8, 4) is 11.5 Å². The summed E-state index contributed by atoms with van der Waals surface area (Å²) in [5, 5.41) is 2.23. The van der Waals surface area contributed by atoms with Gasteiger partial charge in [-0.1, -0.05) is 18.2 Å². The van der Waals surface area contributed by atoms with E-state index in [0.717, 1.165) is 33.4 Å². The summed E-state index contributed by atoms with van der Waals surface area (Å²) in [6.45, 7) is 5.85. The molecule has 0 atom stereocenters. The summed E-state index contributed by atoms with van der Waals surface area (Å²) in [5.41, 5.74) is 3.97. The first-order valence-electron chi connectivity index (χ1n) is 12.1. The van der Waals surface area contributed by atoms with E-state index in [-0.39, 0.29) is 23.9 Å². The van der Waals surface area contributed by atoms with Crippen molar-refractivity contribution in [2.75, 3.05) is 18.5 Å². The fourth-order valence-corrected chi connectivity index (χ4v) is 5.40. The molecule has 0 radical (unpaired) electrons. The Morgan fingerprint density at radius 1 is 1.05 bits per heavy atom. The van der Waals surface area contributed by atoms with Crippen LogP contribution >= 0.6 is 27.7 Å². The van der Waals surface area contributed by atoms with Gasteiger partial charge in [0.1, 0.15) is 19.0 Å². The van der Waals surface area contributed by atoms with Crippen LogP contribution in [0.15, 0.2) is 64.0 Å². The number of nitrogens with zero attached hydrogens (tertiary/aromatic N) is 1. The highest BCUT2D eigenvalue weighted by Gasteiger charge is 2.36. The Labute approximate surface area is 238 Å². The molecule has 1 aliphatic rings. The lowest BCUT2D eigenvalue weighted by Crippen LogP contribution is -2.36. The standard InChI is InChI=1S/C29H26BrFN2O5S/c1-4-37-24-13-20(12-23(30)27(24)38-16-19-5-7-21(31)8-6-19)14-25-28(35)33(29(36)39-25)15-26(34)32-22-10-17(2)9-18(3)11-22/h5-14H,4,15-16H2,1-3H3,(H,32,34)/b25-14-. The van der Waals surface area contributed by atoms with Gasteiger partial charge in [-0.3, -0.25) is 19.3 Å². The maximum Gasteiger partial charge on any atom is 0.294 e. The minimum atomic E-state index is -0.550. The Morgan fingerprint density at radius 3 is 2.41 bits per heavy atom. The molecule has 1 saturated heterocycles. The average Bonchev–Trinajstić information content (AvgIpc) is 3.11. The molecule has 1 N–H and O–H groups in total. The number of hydrogen-bond acceptors (Lipinski definition) is 6. The van der Waals surface area contributed by atoms with Crippen molar-refractivity contribution in [2.45, 2.75) is 27.4 Å². The van der Waals surface area contributed by atoms with Crippen LogP contribution in [0.1, 0.15) is 29.2 Å². The molecule has 0 aromatic heterocycles. The van der Waals surface area contributed by atoms with Gasteiger partial charge in [-0.2, -0.15) is 0 Å². The average molecular weight is 614 g/mol. The molecule has 3 aromatic carbocycles. The lowest BCUT2D eigenvalue weighted by Gasteiger charge is -2.15. The number of halogens is 2. The molecule has 3 aromatic rings. The normalized spacial score (nSPS) is 14.2. The molecule has 1 aliphatic heterocycles. The summed E-state index contributed by atoms with van der Waals surface area (Å²) < 4.78 is 25.5. The number of ether oxygens (including phenoxy) is 2. The minimum absolute atomic E-state index is 0.188. The topological polar surface area (TPSA) is 84.9 Å². The van der Waals surface area contributed by atoms with Crippen molar-refractivity contribution in [1.82, 2.24) is 4.90 Å². The third-order valence-electron chi connectivity index (χ3n) is 5.61. The summed E-state index contributed by atoms with van der Waals surface area (Å²) >= 11 is 4.27. The molecule has 0 unspecified atom stereocenters. The van der Waals surface area contributed by atoms with Crippen LogP contribution in [0.4, 0.5) is 14.9 Å². The molecule has 1 fully saturated rings. The maximum absolute atomic E-state index is 13.2. The van der Waals surface area contributed by atoms with E-state index in [2.05, 4.69) is 21.2 Å². The third kappa shape index (κ3) is 7.27. The van der Waals surface area contributed by atoms with E-state index < -0.39 is 17.1 Å². The number of rotatable bonds is 9. The second kappa shape index (κ2) is 12.5. The van der Waals surface area contributed by atoms with Crippen molar-refractivity contribution in [3.05, 3.63) is 92.0 Å².